The molecule has 0 aliphatic rings. The number of nitrogens with zero attached hydrogens (tertiary/aromatic N) is 4. The maximum atomic E-state index is 5.58. The Hall–Kier alpha value is -7.30. The fraction of sp³-hybridized carbons (Fsp3) is 0. The first-order valence-electron chi connectivity index (χ1n) is 18.5. The first-order chi connectivity index (χ1) is 26.8. The fourth-order valence-electron chi connectivity index (χ4n) is 9.50. The van der Waals surface area contributed by atoms with Gasteiger partial charge in [0.25, 0.3) is 0 Å². The van der Waals surface area contributed by atoms with Crippen LogP contribution >= 0.6 is 0 Å². The Morgan fingerprint density at radius 2 is 0.963 bits per heavy atom. The predicted octanol–water partition coefficient (Wildman–Crippen LogP) is 13.0. The molecule has 0 N–H and O–H groups in total. The molecule has 9 aromatic carbocycles. The normalized spacial score (nSPS) is 12.4. The Morgan fingerprint density at radius 1 is 0.352 bits per heavy atom. The molecule has 0 radical (unpaired) electrons. The fourth-order valence-corrected chi connectivity index (χ4v) is 9.50. The van der Waals surface area contributed by atoms with E-state index < -0.39 is 0 Å². The largest absolute Gasteiger partial charge is 0.308 e. The van der Waals surface area contributed by atoms with Crippen LogP contribution in [-0.4, -0.2) is 18.9 Å². The molecule has 4 heterocycles. The number of aromatic nitrogens is 4. The van der Waals surface area contributed by atoms with Gasteiger partial charge in [0.1, 0.15) is 5.82 Å². The molecule has 0 atom stereocenters. The number of rotatable bonds is 2. The van der Waals surface area contributed by atoms with E-state index in [0.29, 0.717) is 5.82 Å². The van der Waals surface area contributed by atoms with Crippen LogP contribution in [0.2, 0.25) is 0 Å². The van der Waals surface area contributed by atoms with Crippen LogP contribution in [0.15, 0.2) is 170 Å². The van der Waals surface area contributed by atoms with E-state index in [1.165, 1.54) is 81.2 Å². The lowest BCUT2D eigenvalue weighted by atomic mass is 10.00. The molecular formula is C50H28N4. The molecule has 0 saturated carbocycles. The summed E-state index contributed by atoms with van der Waals surface area (Å²) in [7, 11) is 0. The number of para-hydroxylation sites is 3. The Labute approximate surface area is 308 Å². The van der Waals surface area contributed by atoms with Gasteiger partial charge in [-0.05, 0) is 63.3 Å². The van der Waals surface area contributed by atoms with Crippen LogP contribution in [0.25, 0.3) is 120 Å². The first-order valence-corrected chi connectivity index (χ1v) is 18.5. The molecule has 13 rings (SSSR count). The molecule has 0 fully saturated rings. The van der Waals surface area contributed by atoms with Crippen LogP contribution in [0.5, 0.6) is 0 Å². The molecule has 0 spiro atoms. The van der Waals surface area contributed by atoms with Crippen molar-refractivity contribution in [3.8, 4) is 17.2 Å². The monoisotopic (exact) mass is 684 g/mol. The van der Waals surface area contributed by atoms with Crippen molar-refractivity contribution in [1.29, 1.82) is 0 Å². The van der Waals surface area contributed by atoms with Gasteiger partial charge in [-0.3, -0.25) is 4.57 Å². The lowest BCUT2D eigenvalue weighted by Crippen LogP contribution is -2.03. The molecule has 54 heavy (non-hydrogen) atoms. The second kappa shape index (κ2) is 10.2. The van der Waals surface area contributed by atoms with Crippen LogP contribution in [0.3, 0.4) is 0 Å². The molecule has 0 unspecified atom stereocenters. The van der Waals surface area contributed by atoms with Gasteiger partial charge in [-0.25, -0.2) is 9.97 Å². The minimum atomic E-state index is 0.710. The smallest absolute Gasteiger partial charge is 0.162 e. The summed E-state index contributed by atoms with van der Waals surface area (Å²) < 4.78 is 4.91. The van der Waals surface area contributed by atoms with Gasteiger partial charge < -0.3 is 4.40 Å². The minimum absolute atomic E-state index is 0.710. The molecule has 0 bridgehead atoms. The van der Waals surface area contributed by atoms with Crippen molar-refractivity contribution in [2.24, 2.45) is 0 Å². The molecule has 0 aliphatic carbocycles. The van der Waals surface area contributed by atoms with E-state index in [2.05, 4.69) is 179 Å². The summed E-state index contributed by atoms with van der Waals surface area (Å²) in [6.07, 6.45) is 0. The van der Waals surface area contributed by atoms with E-state index in [4.69, 9.17) is 9.97 Å². The molecular weight excluding hydrogens is 657 g/mol. The summed E-state index contributed by atoms with van der Waals surface area (Å²) in [6.45, 7) is 0. The Morgan fingerprint density at radius 3 is 1.81 bits per heavy atom. The average molecular weight is 685 g/mol. The lowest BCUT2D eigenvalue weighted by molar-refractivity contribution is 1.08. The lowest BCUT2D eigenvalue weighted by Gasteiger charge is -2.14. The highest BCUT2D eigenvalue weighted by Gasteiger charge is 2.26. The van der Waals surface area contributed by atoms with E-state index >= 15 is 0 Å². The highest BCUT2D eigenvalue weighted by atomic mass is 15.1. The zero-order valence-electron chi connectivity index (χ0n) is 29.0. The standard InChI is InChI=1S/C50H28N4/c1-3-13-33-29(11-1)21-22-31-27-32(24-25-34(31)33)49-51-41-18-8-5-16-37(41)50(52-49)54-44-28-40-36-15-6-9-19-42(36)53-43-20-10-7-17-38(43)46(48(40)53)45(44)39-26-23-30-12-2-4-14-35(30)47(39)54/h1-28H. The topological polar surface area (TPSA) is 35.1 Å². The van der Waals surface area contributed by atoms with Crippen molar-refractivity contribution >= 4 is 103 Å². The number of benzene rings is 9. The highest BCUT2D eigenvalue weighted by molar-refractivity contribution is 6.37. The van der Waals surface area contributed by atoms with Crippen LogP contribution in [0.4, 0.5) is 0 Å². The Bertz CT molecular complexity index is 3740. The van der Waals surface area contributed by atoms with Crippen molar-refractivity contribution in [2.45, 2.75) is 0 Å². The van der Waals surface area contributed by atoms with Gasteiger partial charge in [-0.1, -0.05) is 133 Å². The van der Waals surface area contributed by atoms with Crippen molar-refractivity contribution in [3.63, 3.8) is 0 Å². The zero-order valence-corrected chi connectivity index (χ0v) is 29.0. The van der Waals surface area contributed by atoms with E-state index in [0.717, 1.165) is 33.3 Å². The van der Waals surface area contributed by atoms with Crippen LogP contribution in [0, 0.1) is 0 Å². The summed E-state index contributed by atoms with van der Waals surface area (Å²) in [5, 5.41) is 15.8. The van der Waals surface area contributed by atoms with Gasteiger partial charge in [-0.15, -0.1) is 0 Å². The van der Waals surface area contributed by atoms with Crippen molar-refractivity contribution < 1.29 is 0 Å². The molecule has 4 aromatic heterocycles. The average Bonchev–Trinajstić information content (AvgIpc) is 3.88. The maximum absolute atomic E-state index is 5.58. The second-order valence-electron chi connectivity index (χ2n) is 14.5. The molecule has 0 aliphatic heterocycles. The summed E-state index contributed by atoms with van der Waals surface area (Å²) in [6, 6.07) is 61.6. The first kappa shape index (κ1) is 28.3. The third kappa shape index (κ3) is 3.57. The summed E-state index contributed by atoms with van der Waals surface area (Å²) in [5.74, 6) is 1.59. The van der Waals surface area contributed by atoms with Crippen molar-refractivity contribution in [3.05, 3.63) is 170 Å². The molecule has 0 amide bonds. The van der Waals surface area contributed by atoms with Gasteiger partial charge in [0, 0.05) is 48.7 Å². The third-order valence-corrected chi connectivity index (χ3v) is 11.8. The van der Waals surface area contributed by atoms with E-state index in [1.807, 2.05) is 0 Å². The zero-order chi connectivity index (χ0) is 35.1. The number of hydrogen-bond acceptors (Lipinski definition) is 2. The van der Waals surface area contributed by atoms with Gasteiger partial charge >= 0.3 is 0 Å². The molecule has 4 nitrogen and oxygen atoms in total. The SMILES string of the molecule is c1ccc2c(c1)ccc1cc(-c3nc(-n4c5cc6c7ccccc7n7c8ccccc8c(c5c5ccc8ccccc8c54)c67)c4ccccc4n3)ccc12. The summed E-state index contributed by atoms with van der Waals surface area (Å²) in [5.41, 5.74) is 7.94. The van der Waals surface area contributed by atoms with Gasteiger partial charge in [0.05, 0.1) is 33.1 Å². The third-order valence-electron chi connectivity index (χ3n) is 11.8. The van der Waals surface area contributed by atoms with Crippen LogP contribution < -0.4 is 0 Å². The molecule has 248 valence electrons. The Balaban J connectivity index is 1.22. The predicted molar refractivity (Wildman–Crippen MR) is 226 cm³/mol. The van der Waals surface area contributed by atoms with E-state index in [-0.39, 0.29) is 0 Å². The van der Waals surface area contributed by atoms with E-state index in [9.17, 15) is 0 Å². The molecule has 13 aromatic rings. The molecule has 4 heteroatoms. The minimum Gasteiger partial charge on any atom is -0.308 e. The highest BCUT2D eigenvalue weighted by Crippen LogP contribution is 2.48. The maximum Gasteiger partial charge on any atom is 0.162 e. The second-order valence-corrected chi connectivity index (χ2v) is 14.5. The van der Waals surface area contributed by atoms with Crippen LogP contribution in [0.1, 0.15) is 0 Å². The number of fused-ring (bicyclic) bond motifs is 16. The quantitative estimate of drug-likeness (QED) is 0.170. The van der Waals surface area contributed by atoms with Gasteiger partial charge in [-0.2, -0.15) is 0 Å². The van der Waals surface area contributed by atoms with Crippen molar-refractivity contribution in [2.75, 3.05) is 0 Å². The molecule has 0 saturated heterocycles. The Kier molecular flexibility index (Phi) is 5.34. The summed E-state index contributed by atoms with van der Waals surface area (Å²) >= 11 is 0. The van der Waals surface area contributed by atoms with Gasteiger partial charge in [0.15, 0.2) is 5.82 Å². The summed E-state index contributed by atoms with van der Waals surface area (Å²) in [4.78, 5) is 10.8. The number of hydrogen-bond donors (Lipinski definition) is 0. The van der Waals surface area contributed by atoms with Crippen molar-refractivity contribution in [1.82, 2.24) is 18.9 Å². The van der Waals surface area contributed by atoms with E-state index in [1.54, 1.807) is 0 Å². The van der Waals surface area contributed by atoms with Crippen LogP contribution in [-0.2, 0) is 0 Å². The van der Waals surface area contributed by atoms with Gasteiger partial charge in [0.2, 0.25) is 0 Å².